The molecule has 1 saturated heterocycles. The summed E-state index contributed by atoms with van der Waals surface area (Å²) in [4.78, 5) is 12.8. The van der Waals surface area contributed by atoms with E-state index in [2.05, 4.69) is 53.7 Å². The van der Waals surface area contributed by atoms with Crippen LogP contribution >= 0.6 is 0 Å². The van der Waals surface area contributed by atoms with Crippen molar-refractivity contribution in [2.24, 2.45) is 16.7 Å². The molecule has 0 spiro atoms. The maximum absolute atomic E-state index is 12.8. The van der Waals surface area contributed by atoms with Crippen molar-refractivity contribution in [3.05, 3.63) is 65.7 Å². The van der Waals surface area contributed by atoms with Crippen molar-refractivity contribution < 1.29 is 19.4 Å². The molecule has 0 saturated carbocycles. The Hall–Kier alpha value is -2.17. The first kappa shape index (κ1) is 25.5. The van der Waals surface area contributed by atoms with Crippen molar-refractivity contribution in [2.45, 2.75) is 72.5 Å². The number of Topliss-reactive ketones (excluding diaryl/α,β-unsaturated/α-hetero) is 1. The molecule has 1 aliphatic heterocycles. The minimum absolute atomic E-state index is 0.0840. The Morgan fingerprint density at radius 3 is 2.18 bits per heavy atom. The molecule has 0 aliphatic carbocycles. The number of aliphatic hydroxyl groups is 1. The Bertz CT molecular complexity index is 890. The summed E-state index contributed by atoms with van der Waals surface area (Å²) in [6, 6.07) is 18.1. The van der Waals surface area contributed by atoms with Crippen molar-refractivity contribution in [3.8, 4) is 5.75 Å². The lowest BCUT2D eigenvalue weighted by atomic mass is 9.69. The van der Waals surface area contributed by atoms with E-state index in [9.17, 15) is 9.90 Å². The van der Waals surface area contributed by atoms with Gasteiger partial charge in [-0.3, -0.25) is 4.79 Å². The van der Waals surface area contributed by atoms with Crippen molar-refractivity contribution >= 4 is 5.78 Å². The van der Waals surface area contributed by atoms with Crippen LogP contribution in [0.25, 0.3) is 0 Å². The van der Waals surface area contributed by atoms with E-state index in [1.54, 1.807) is 0 Å². The van der Waals surface area contributed by atoms with Gasteiger partial charge in [0, 0.05) is 5.92 Å². The van der Waals surface area contributed by atoms with Gasteiger partial charge < -0.3 is 14.6 Å². The first-order valence-electron chi connectivity index (χ1n) is 12.1. The standard InChI is InChI=1S/C29H40O4/c1-28(2,3)17-24(29(4,5)6)20-12-14-23(15-13-20)32-19-26-27(31)22(18-30)16-25(33-26)21-10-8-7-9-11-21/h7-15,22,24-26,30H,16-19H2,1-6H3. The van der Waals surface area contributed by atoms with Gasteiger partial charge in [-0.05, 0) is 52.8 Å². The number of hydrogen-bond acceptors (Lipinski definition) is 4. The van der Waals surface area contributed by atoms with E-state index < -0.39 is 12.0 Å². The zero-order valence-corrected chi connectivity index (χ0v) is 21.0. The average molecular weight is 453 g/mol. The van der Waals surface area contributed by atoms with Gasteiger partial charge in [0.05, 0.1) is 12.7 Å². The molecule has 4 heteroatoms. The molecule has 2 aromatic carbocycles. The molecule has 1 heterocycles. The van der Waals surface area contributed by atoms with E-state index in [4.69, 9.17) is 9.47 Å². The summed E-state index contributed by atoms with van der Waals surface area (Å²) in [5, 5.41) is 9.74. The lowest BCUT2D eigenvalue weighted by Crippen LogP contribution is -2.43. The zero-order valence-electron chi connectivity index (χ0n) is 21.0. The second kappa shape index (κ2) is 10.4. The molecule has 33 heavy (non-hydrogen) atoms. The van der Waals surface area contributed by atoms with E-state index in [0.717, 1.165) is 17.7 Å². The maximum atomic E-state index is 12.8. The molecule has 4 unspecified atom stereocenters. The predicted octanol–water partition coefficient (Wildman–Crippen LogP) is 6.34. The van der Waals surface area contributed by atoms with Crippen LogP contribution < -0.4 is 4.74 Å². The molecule has 4 atom stereocenters. The van der Waals surface area contributed by atoms with Gasteiger partial charge in [0.2, 0.25) is 0 Å². The molecule has 3 rings (SSSR count). The lowest BCUT2D eigenvalue weighted by molar-refractivity contribution is -0.155. The van der Waals surface area contributed by atoms with Gasteiger partial charge in [-0.2, -0.15) is 0 Å². The van der Waals surface area contributed by atoms with E-state index in [1.165, 1.54) is 5.56 Å². The van der Waals surface area contributed by atoms with Gasteiger partial charge in [-0.1, -0.05) is 84.0 Å². The minimum Gasteiger partial charge on any atom is -0.490 e. The highest BCUT2D eigenvalue weighted by Crippen LogP contribution is 2.43. The number of ketones is 1. The monoisotopic (exact) mass is 452 g/mol. The molecule has 0 radical (unpaired) electrons. The van der Waals surface area contributed by atoms with E-state index in [0.29, 0.717) is 12.3 Å². The molecule has 0 amide bonds. The van der Waals surface area contributed by atoms with Crippen LogP contribution in [0, 0.1) is 16.7 Å². The first-order valence-corrected chi connectivity index (χ1v) is 12.1. The Labute approximate surface area is 199 Å². The van der Waals surface area contributed by atoms with E-state index >= 15 is 0 Å². The largest absolute Gasteiger partial charge is 0.490 e. The Morgan fingerprint density at radius 2 is 1.64 bits per heavy atom. The molecular weight excluding hydrogens is 412 g/mol. The van der Waals surface area contributed by atoms with Crippen LogP contribution in [-0.2, 0) is 9.53 Å². The van der Waals surface area contributed by atoms with Gasteiger partial charge in [0.1, 0.15) is 12.4 Å². The van der Waals surface area contributed by atoms with Gasteiger partial charge in [-0.25, -0.2) is 0 Å². The summed E-state index contributed by atoms with van der Waals surface area (Å²) in [5.74, 6) is 0.650. The van der Waals surface area contributed by atoms with Crippen LogP contribution in [0.15, 0.2) is 54.6 Å². The van der Waals surface area contributed by atoms with Gasteiger partial charge >= 0.3 is 0 Å². The third kappa shape index (κ3) is 6.91. The fourth-order valence-corrected chi connectivity index (χ4v) is 4.63. The maximum Gasteiger partial charge on any atom is 0.170 e. The number of carbonyl (C=O) groups is 1. The first-order chi connectivity index (χ1) is 15.5. The smallest absolute Gasteiger partial charge is 0.170 e. The molecule has 2 aromatic rings. The third-order valence-electron chi connectivity index (χ3n) is 6.48. The average Bonchev–Trinajstić information content (AvgIpc) is 2.76. The van der Waals surface area contributed by atoms with Crippen molar-refractivity contribution in [2.75, 3.05) is 13.2 Å². The van der Waals surface area contributed by atoms with Crippen LogP contribution in [0.2, 0.25) is 0 Å². The summed E-state index contributed by atoms with van der Waals surface area (Å²) in [7, 11) is 0. The normalized spacial score (nSPS) is 22.8. The molecule has 1 aliphatic rings. The van der Waals surface area contributed by atoms with E-state index in [-0.39, 0.29) is 35.9 Å². The highest BCUT2D eigenvalue weighted by molar-refractivity contribution is 5.86. The number of benzene rings is 2. The Balaban J connectivity index is 1.68. The molecule has 1 fully saturated rings. The van der Waals surface area contributed by atoms with Gasteiger partial charge in [0.25, 0.3) is 0 Å². The third-order valence-corrected chi connectivity index (χ3v) is 6.48. The van der Waals surface area contributed by atoms with Gasteiger partial charge in [0.15, 0.2) is 11.9 Å². The highest BCUT2D eigenvalue weighted by Gasteiger charge is 2.38. The predicted molar refractivity (Wildman–Crippen MR) is 132 cm³/mol. The Kier molecular flexibility index (Phi) is 8.02. The number of hydrogen-bond donors (Lipinski definition) is 1. The van der Waals surface area contributed by atoms with Gasteiger partial charge in [-0.15, -0.1) is 0 Å². The minimum atomic E-state index is -0.691. The summed E-state index contributed by atoms with van der Waals surface area (Å²) >= 11 is 0. The topological polar surface area (TPSA) is 55.8 Å². The number of aliphatic hydroxyl groups excluding tert-OH is 1. The van der Waals surface area contributed by atoms with Crippen LogP contribution in [0.5, 0.6) is 5.75 Å². The molecule has 1 N–H and O–H groups in total. The number of carbonyl (C=O) groups excluding carboxylic acids is 1. The molecule has 4 nitrogen and oxygen atoms in total. The van der Waals surface area contributed by atoms with Crippen LogP contribution in [0.3, 0.4) is 0 Å². The summed E-state index contributed by atoms with van der Waals surface area (Å²) < 4.78 is 12.1. The van der Waals surface area contributed by atoms with Crippen LogP contribution in [0.1, 0.15) is 77.5 Å². The van der Waals surface area contributed by atoms with Crippen molar-refractivity contribution in [1.82, 2.24) is 0 Å². The summed E-state index contributed by atoms with van der Waals surface area (Å²) in [6.45, 7) is 13.7. The fourth-order valence-electron chi connectivity index (χ4n) is 4.63. The van der Waals surface area contributed by atoms with Crippen molar-refractivity contribution in [3.63, 3.8) is 0 Å². The van der Waals surface area contributed by atoms with Crippen LogP contribution in [-0.4, -0.2) is 30.2 Å². The molecule has 0 bridgehead atoms. The Morgan fingerprint density at radius 1 is 1.00 bits per heavy atom. The zero-order chi connectivity index (χ0) is 24.2. The van der Waals surface area contributed by atoms with Crippen molar-refractivity contribution in [1.29, 1.82) is 0 Å². The number of ether oxygens (including phenoxy) is 2. The molecular formula is C29H40O4. The second-order valence-electron chi connectivity index (χ2n) is 11.6. The summed E-state index contributed by atoms with van der Waals surface area (Å²) in [6.07, 6.45) is 0.683. The quantitative estimate of drug-likeness (QED) is 0.533. The van der Waals surface area contributed by atoms with E-state index in [1.807, 2.05) is 42.5 Å². The molecule has 0 aromatic heterocycles. The SMILES string of the molecule is CC(C)(C)CC(c1ccc(OCC2OC(c3ccccc3)CC(CO)C2=O)cc1)C(C)(C)C. The summed E-state index contributed by atoms with van der Waals surface area (Å²) in [5.41, 5.74) is 2.72. The fraction of sp³-hybridized carbons (Fsp3) is 0.552. The lowest BCUT2D eigenvalue weighted by Gasteiger charge is -2.36. The number of rotatable bonds is 7. The second-order valence-corrected chi connectivity index (χ2v) is 11.6. The molecule has 180 valence electrons. The highest BCUT2D eigenvalue weighted by atomic mass is 16.5. The van der Waals surface area contributed by atoms with Crippen LogP contribution in [0.4, 0.5) is 0 Å².